The third kappa shape index (κ3) is 3.30. The lowest BCUT2D eigenvalue weighted by molar-refractivity contribution is 0.386. The molecule has 0 saturated heterocycles. The van der Waals surface area contributed by atoms with Crippen LogP contribution in [0.3, 0.4) is 0 Å². The molecule has 0 radical (unpaired) electrons. The summed E-state index contributed by atoms with van der Waals surface area (Å²) in [6.07, 6.45) is 6.44. The molecule has 1 aliphatic rings. The maximum Gasteiger partial charge on any atom is 0.223 e. The van der Waals surface area contributed by atoms with E-state index in [9.17, 15) is 0 Å². The highest BCUT2D eigenvalue weighted by Gasteiger charge is 2.12. The summed E-state index contributed by atoms with van der Waals surface area (Å²) in [6.45, 7) is 2.28. The quantitative estimate of drug-likeness (QED) is 0.459. The van der Waals surface area contributed by atoms with E-state index in [0.717, 1.165) is 18.8 Å². The van der Waals surface area contributed by atoms with Gasteiger partial charge in [0.05, 0.1) is 6.54 Å². The standard InChI is InChI=1S/C11H17N5O/c1-8-14-10(16-17-8)7-13-11(12-2)15-9-5-3-4-6-9/h3-4,9H,5-7H2,1-2H3,(H2,12,13,15). The van der Waals surface area contributed by atoms with Crippen LogP contribution in [0.25, 0.3) is 0 Å². The summed E-state index contributed by atoms with van der Waals surface area (Å²) in [5.74, 6) is 1.97. The maximum atomic E-state index is 4.89. The average molecular weight is 235 g/mol. The van der Waals surface area contributed by atoms with E-state index in [-0.39, 0.29) is 0 Å². The predicted octanol–water partition coefficient (Wildman–Crippen LogP) is 0.762. The second kappa shape index (κ2) is 5.47. The second-order valence-electron chi connectivity index (χ2n) is 3.94. The maximum absolute atomic E-state index is 4.89. The molecule has 0 aromatic carbocycles. The first kappa shape index (κ1) is 11.6. The lowest BCUT2D eigenvalue weighted by Gasteiger charge is -2.15. The Morgan fingerprint density at radius 1 is 1.53 bits per heavy atom. The Labute approximate surface area is 100 Å². The van der Waals surface area contributed by atoms with E-state index in [1.807, 2.05) is 0 Å². The molecule has 6 nitrogen and oxygen atoms in total. The van der Waals surface area contributed by atoms with Crippen LogP contribution in [0, 0.1) is 6.92 Å². The molecule has 0 amide bonds. The Bertz CT molecular complexity index is 415. The van der Waals surface area contributed by atoms with E-state index >= 15 is 0 Å². The Hall–Kier alpha value is -1.85. The molecule has 0 saturated carbocycles. The normalized spacial score (nSPS) is 16.5. The molecule has 1 aromatic heterocycles. The monoisotopic (exact) mass is 235 g/mol. The molecule has 0 atom stereocenters. The molecular formula is C11H17N5O. The summed E-state index contributed by atoms with van der Waals surface area (Å²) >= 11 is 0. The van der Waals surface area contributed by atoms with Crippen molar-refractivity contribution < 1.29 is 4.52 Å². The first-order valence-corrected chi connectivity index (χ1v) is 5.69. The first-order chi connectivity index (χ1) is 8.28. The minimum atomic E-state index is 0.438. The number of rotatable bonds is 3. The summed E-state index contributed by atoms with van der Waals surface area (Å²) in [7, 11) is 1.75. The van der Waals surface area contributed by atoms with Gasteiger partial charge in [-0.2, -0.15) is 4.98 Å². The highest BCUT2D eigenvalue weighted by molar-refractivity contribution is 5.79. The van der Waals surface area contributed by atoms with Crippen LogP contribution in [0.15, 0.2) is 21.7 Å². The molecular weight excluding hydrogens is 218 g/mol. The third-order valence-electron chi connectivity index (χ3n) is 2.56. The molecule has 0 fully saturated rings. The molecule has 0 aliphatic heterocycles. The van der Waals surface area contributed by atoms with Crippen LogP contribution in [0.2, 0.25) is 0 Å². The smallest absolute Gasteiger partial charge is 0.223 e. The van der Waals surface area contributed by atoms with Crippen LogP contribution in [0.5, 0.6) is 0 Å². The lowest BCUT2D eigenvalue weighted by atomic mass is 10.2. The van der Waals surface area contributed by atoms with Gasteiger partial charge in [0.1, 0.15) is 0 Å². The van der Waals surface area contributed by atoms with E-state index in [2.05, 4.69) is 37.9 Å². The van der Waals surface area contributed by atoms with Crippen molar-refractivity contribution in [1.29, 1.82) is 0 Å². The van der Waals surface area contributed by atoms with E-state index in [4.69, 9.17) is 4.52 Å². The van der Waals surface area contributed by atoms with Gasteiger partial charge in [0.2, 0.25) is 5.89 Å². The highest BCUT2D eigenvalue weighted by atomic mass is 16.5. The zero-order chi connectivity index (χ0) is 12.1. The number of nitrogens with zero attached hydrogens (tertiary/aromatic N) is 3. The number of aliphatic imine (C=N–C) groups is 1. The highest BCUT2D eigenvalue weighted by Crippen LogP contribution is 2.08. The van der Waals surface area contributed by atoms with Crippen molar-refractivity contribution >= 4 is 5.96 Å². The van der Waals surface area contributed by atoms with Crippen molar-refractivity contribution in [3.05, 3.63) is 23.9 Å². The molecule has 1 aromatic rings. The van der Waals surface area contributed by atoms with Gasteiger partial charge in [-0.25, -0.2) is 0 Å². The topological polar surface area (TPSA) is 75.3 Å². The van der Waals surface area contributed by atoms with Crippen molar-refractivity contribution in [2.75, 3.05) is 7.05 Å². The number of nitrogens with one attached hydrogen (secondary N) is 2. The van der Waals surface area contributed by atoms with Gasteiger partial charge in [-0.05, 0) is 12.8 Å². The first-order valence-electron chi connectivity index (χ1n) is 5.69. The van der Waals surface area contributed by atoms with Crippen LogP contribution in [0.4, 0.5) is 0 Å². The summed E-state index contributed by atoms with van der Waals surface area (Å²) in [4.78, 5) is 8.27. The molecule has 2 rings (SSSR count). The number of guanidine groups is 1. The van der Waals surface area contributed by atoms with Crippen LogP contribution < -0.4 is 10.6 Å². The largest absolute Gasteiger partial charge is 0.353 e. The molecule has 6 heteroatoms. The molecule has 1 aliphatic carbocycles. The molecule has 1 heterocycles. The van der Waals surface area contributed by atoms with Crippen molar-refractivity contribution in [2.24, 2.45) is 4.99 Å². The predicted molar refractivity (Wildman–Crippen MR) is 64.5 cm³/mol. The van der Waals surface area contributed by atoms with Crippen LogP contribution in [-0.2, 0) is 6.54 Å². The SMILES string of the molecule is CN=C(NCc1noc(C)n1)NC1CC=CC1. The molecule has 92 valence electrons. The van der Waals surface area contributed by atoms with Crippen molar-refractivity contribution in [1.82, 2.24) is 20.8 Å². The number of hydrogen-bond donors (Lipinski definition) is 2. The fourth-order valence-electron chi connectivity index (χ4n) is 1.70. The van der Waals surface area contributed by atoms with Gasteiger partial charge < -0.3 is 15.2 Å². The van der Waals surface area contributed by atoms with E-state index in [1.54, 1.807) is 14.0 Å². The average Bonchev–Trinajstić information content (AvgIpc) is 2.96. The fraction of sp³-hybridized carbons (Fsp3) is 0.545. The van der Waals surface area contributed by atoms with Crippen molar-refractivity contribution in [2.45, 2.75) is 32.4 Å². The molecule has 0 unspecified atom stereocenters. The molecule has 0 spiro atoms. The van der Waals surface area contributed by atoms with Crippen LogP contribution in [0.1, 0.15) is 24.6 Å². The number of aryl methyl sites for hydroxylation is 1. The summed E-state index contributed by atoms with van der Waals surface area (Å²) in [6, 6.07) is 0.438. The van der Waals surface area contributed by atoms with Gasteiger partial charge in [-0.1, -0.05) is 17.3 Å². The summed E-state index contributed by atoms with van der Waals surface area (Å²) < 4.78 is 4.89. The Morgan fingerprint density at radius 2 is 2.29 bits per heavy atom. The van der Waals surface area contributed by atoms with Gasteiger partial charge in [0, 0.05) is 20.0 Å². The van der Waals surface area contributed by atoms with Crippen LogP contribution in [-0.4, -0.2) is 29.2 Å². The van der Waals surface area contributed by atoms with Gasteiger partial charge >= 0.3 is 0 Å². The molecule has 0 bridgehead atoms. The van der Waals surface area contributed by atoms with E-state index in [1.165, 1.54) is 0 Å². The zero-order valence-electron chi connectivity index (χ0n) is 10.1. The molecule has 17 heavy (non-hydrogen) atoms. The minimum absolute atomic E-state index is 0.438. The van der Waals surface area contributed by atoms with Gasteiger partial charge in [-0.3, -0.25) is 4.99 Å². The second-order valence-corrected chi connectivity index (χ2v) is 3.94. The third-order valence-corrected chi connectivity index (χ3v) is 2.56. The van der Waals surface area contributed by atoms with Crippen molar-refractivity contribution in [3.63, 3.8) is 0 Å². The fourth-order valence-corrected chi connectivity index (χ4v) is 1.70. The van der Waals surface area contributed by atoms with Gasteiger partial charge in [0.15, 0.2) is 11.8 Å². The lowest BCUT2D eigenvalue weighted by Crippen LogP contribution is -2.42. The Kier molecular flexibility index (Phi) is 3.74. The minimum Gasteiger partial charge on any atom is -0.353 e. The summed E-state index contributed by atoms with van der Waals surface area (Å²) in [5.41, 5.74) is 0. The van der Waals surface area contributed by atoms with Crippen LogP contribution >= 0.6 is 0 Å². The Balaban J connectivity index is 1.79. The number of aromatic nitrogens is 2. The van der Waals surface area contributed by atoms with Crippen molar-refractivity contribution in [3.8, 4) is 0 Å². The molecule has 2 N–H and O–H groups in total. The van der Waals surface area contributed by atoms with Gasteiger partial charge in [0.25, 0.3) is 0 Å². The zero-order valence-corrected chi connectivity index (χ0v) is 10.1. The van der Waals surface area contributed by atoms with E-state index in [0.29, 0.717) is 24.3 Å². The van der Waals surface area contributed by atoms with E-state index < -0.39 is 0 Å². The Morgan fingerprint density at radius 3 is 2.88 bits per heavy atom. The van der Waals surface area contributed by atoms with Gasteiger partial charge in [-0.15, -0.1) is 0 Å². The number of hydrogen-bond acceptors (Lipinski definition) is 4. The summed E-state index contributed by atoms with van der Waals surface area (Å²) in [5, 5.41) is 10.3.